The Morgan fingerprint density at radius 1 is 1.17 bits per heavy atom. The Balaban J connectivity index is 1.69. The Bertz CT molecular complexity index is 1060. The maximum absolute atomic E-state index is 12.8. The number of hydrogen-bond donors (Lipinski definition) is 0. The lowest BCUT2D eigenvalue weighted by molar-refractivity contribution is -0.127. The summed E-state index contributed by atoms with van der Waals surface area (Å²) in [7, 11) is 3.45. The van der Waals surface area contributed by atoms with Crippen molar-refractivity contribution >= 4 is 17.7 Å². The van der Waals surface area contributed by atoms with Gasteiger partial charge < -0.3 is 9.64 Å². The number of methoxy groups -OCH3 is 1. The minimum absolute atomic E-state index is 0.0243. The van der Waals surface area contributed by atoms with E-state index in [-0.39, 0.29) is 5.91 Å². The van der Waals surface area contributed by atoms with Gasteiger partial charge in [0, 0.05) is 36.8 Å². The molecule has 2 aromatic heterocycles. The Kier molecular flexibility index (Phi) is 6.82. The van der Waals surface area contributed by atoms with Gasteiger partial charge in [0.1, 0.15) is 5.75 Å². The van der Waals surface area contributed by atoms with Crippen LogP contribution in [0, 0.1) is 27.7 Å². The van der Waals surface area contributed by atoms with Crippen molar-refractivity contribution in [3.63, 3.8) is 0 Å². The van der Waals surface area contributed by atoms with Crippen LogP contribution in [0.1, 0.15) is 27.9 Å². The molecule has 0 bridgehead atoms. The van der Waals surface area contributed by atoms with Crippen molar-refractivity contribution in [3.8, 4) is 11.4 Å². The Labute approximate surface area is 182 Å². The van der Waals surface area contributed by atoms with E-state index in [2.05, 4.69) is 42.0 Å². The highest BCUT2D eigenvalue weighted by Crippen LogP contribution is 2.26. The van der Waals surface area contributed by atoms with Crippen LogP contribution in [0.2, 0.25) is 0 Å². The summed E-state index contributed by atoms with van der Waals surface area (Å²) in [6, 6.07) is 6.33. The fraction of sp³-hybridized carbons (Fsp3) is 0.348. The molecular weight excluding hydrogens is 396 g/mol. The molecule has 6 nitrogen and oxygen atoms in total. The molecule has 30 heavy (non-hydrogen) atoms. The van der Waals surface area contributed by atoms with Gasteiger partial charge in [-0.25, -0.2) is 4.98 Å². The summed E-state index contributed by atoms with van der Waals surface area (Å²) >= 11 is 1.44. The van der Waals surface area contributed by atoms with Crippen LogP contribution >= 0.6 is 11.8 Å². The summed E-state index contributed by atoms with van der Waals surface area (Å²) in [6.07, 6.45) is 5.49. The fourth-order valence-corrected chi connectivity index (χ4v) is 4.25. The average Bonchev–Trinajstić information content (AvgIpc) is 3.18. The zero-order valence-electron chi connectivity index (χ0n) is 18.4. The van der Waals surface area contributed by atoms with E-state index in [1.54, 1.807) is 31.5 Å². The van der Waals surface area contributed by atoms with Gasteiger partial charge in [0.05, 0.1) is 30.8 Å². The average molecular weight is 425 g/mol. The highest BCUT2D eigenvalue weighted by atomic mass is 32.2. The molecule has 1 amide bonds. The Morgan fingerprint density at radius 3 is 2.67 bits per heavy atom. The first-order chi connectivity index (χ1) is 14.3. The van der Waals surface area contributed by atoms with E-state index >= 15 is 0 Å². The van der Waals surface area contributed by atoms with Crippen molar-refractivity contribution in [2.24, 2.45) is 0 Å². The molecule has 0 aliphatic carbocycles. The molecule has 2 heterocycles. The summed E-state index contributed by atoms with van der Waals surface area (Å²) in [5.74, 6) is 1.16. The number of imidazole rings is 1. The summed E-state index contributed by atoms with van der Waals surface area (Å²) in [6.45, 7) is 8.52. The number of carbonyl (C=O) groups is 1. The van der Waals surface area contributed by atoms with Crippen LogP contribution < -0.4 is 4.74 Å². The number of aryl methyl sites for hydroxylation is 3. The number of amides is 1. The third-order valence-corrected chi connectivity index (χ3v) is 6.07. The Hall–Kier alpha value is -2.80. The largest absolute Gasteiger partial charge is 0.496 e. The lowest BCUT2D eigenvalue weighted by Gasteiger charge is -2.19. The monoisotopic (exact) mass is 424 g/mol. The van der Waals surface area contributed by atoms with E-state index in [1.165, 1.54) is 22.9 Å². The molecule has 3 aromatic rings. The molecular formula is C23H28N4O2S. The van der Waals surface area contributed by atoms with Crippen molar-refractivity contribution in [1.29, 1.82) is 0 Å². The minimum atomic E-state index is 0.0243. The van der Waals surface area contributed by atoms with Crippen molar-refractivity contribution in [2.75, 3.05) is 19.9 Å². The number of hydrogen-bond acceptors (Lipinski definition) is 5. The van der Waals surface area contributed by atoms with E-state index in [1.807, 2.05) is 24.6 Å². The van der Waals surface area contributed by atoms with E-state index < -0.39 is 0 Å². The zero-order chi connectivity index (χ0) is 21.8. The lowest BCUT2D eigenvalue weighted by atomic mass is 10.1. The minimum Gasteiger partial charge on any atom is -0.496 e. The second-order valence-electron chi connectivity index (χ2n) is 7.45. The SMILES string of the molecule is COc1c(C)cnc(CN(C)C(=O)CSc2nccn2-c2cc(C)ccc2C)c1C. The normalized spacial score (nSPS) is 10.9. The molecule has 3 rings (SSSR count). The number of pyridine rings is 1. The van der Waals surface area contributed by atoms with Gasteiger partial charge in [-0.1, -0.05) is 23.9 Å². The fourth-order valence-electron chi connectivity index (χ4n) is 3.34. The molecule has 0 atom stereocenters. The second kappa shape index (κ2) is 9.34. The standard InChI is InChI=1S/C23H28N4O2S/c1-15-7-8-16(2)20(11-15)27-10-9-24-23(27)30-14-21(28)26(5)13-19-18(4)22(29-6)17(3)12-25-19/h7-12H,13-14H2,1-6H3. The van der Waals surface area contributed by atoms with Crippen LogP contribution in [0.3, 0.4) is 0 Å². The number of thioether (sulfide) groups is 1. The van der Waals surface area contributed by atoms with Crippen LogP contribution in [-0.2, 0) is 11.3 Å². The number of ether oxygens (including phenoxy) is 1. The predicted octanol–water partition coefficient (Wildman–Crippen LogP) is 4.26. The second-order valence-corrected chi connectivity index (χ2v) is 8.40. The van der Waals surface area contributed by atoms with E-state index in [0.29, 0.717) is 12.3 Å². The molecule has 0 N–H and O–H groups in total. The highest BCUT2D eigenvalue weighted by molar-refractivity contribution is 7.99. The quantitative estimate of drug-likeness (QED) is 0.531. The first-order valence-corrected chi connectivity index (χ1v) is 10.8. The van der Waals surface area contributed by atoms with Crippen LogP contribution in [0.25, 0.3) is 5.69 Å². The van der Waals surface area contributed by atoms with Gasteiger partial charge in [0.25, 0.3) is 0 Å². The number of nitrogens with zero attached hydrogens (tertiary/aromatic N) is 4. The molecule has 7 heteroatoms. The summed E-state index contributed by atoms with van der Waals surface area (Å²) < 4.78 is 7.51. The molecule has 0 aliphatic heterocycles. The molecule has 0 saturated heterocycles. The van der Waals surface area contributed by atoms with Crippen LogP contribution in [0.5, 0.6) is 5.75 Å². The van der Waals surface area contributed by atoms with Crippen molar-refractivity contribution < 1.29 is 9.53 Å². The van der Waals surface area contributed by atoms with Crippen molar-refractivity contribution in [3.05, 3.63) is 64.7 Å². The van der Waals surface area contributed by atoms with Gasteiger partial charge in [-0.2, -0.15) is 0 Å². The van der Waals surface area contributed by atoms with E-state index in [4.69, 9.17) is 4.74 Å². The number of carbonyl (C=O) groups excluding carboxylic acids is 1. The lowest BCUT2D eigenvalue weighted by Crippen LogP contribution is -2.28. The van der Waals surface area contributed by atoms with Crippen LogP contribution in [0.4, 0.5) is 0 Å². The van der Waals surface area contributed by atoms with Gasteiger partial charge in [0.15, 0.2) is 5.16 Å². The third kappa shape index (κ3) is 4.67. The van der Waals surface area contributed by atoms with E-state index in [9.17, 15) is 4.79 Å². The van der Waals surface area contributed by atoms with Gasteiger partial charge >= 0.3 is 0 Å². The molecule has 0 radical (unpaired) electrons. The molecule has 0 spiro atoms. The highest BCUT2D eigenvalue weighted by Gasteiger charge is 2.17. The molecule has 1 aromatic carbocycles. The maximum atomic E-state index is 12.8. The van der Waals surface area contributed by atoms with Gasteiger partial charge in [-0.15, -0.1) is 0 Å². The van der Waals surface area contributed by atoms with Gasteiger partial charge in [-0.05, 0) is 44.9 Å². The van der Waals surface area contributed by atoms with Gasteiger partial charge in [-0.3, -0.25) is 14.3 Å². The van der Waals surface area contributed by atoms with Crippen molar-refractivity contribution in [2.45, 2.75) is 39.4 Å². The smallest absolute Gasteiger partial charge is 0.233 e. The van der Waals surface area contributed by atoms with Crippen molar-refractivity contribution in [1.82, 2.24) is 19.4 Å². The number of rotatable bonds is 7. The molecule has 0 saturated carbocycles. The zero-order valence-corrected chi connectivity index (χ0v) is 19.2. The summed E-state index contributed by atoms with van der Waals surface area (Å²) in [5.41, 5.74) is 6.24. The third-order valence-electron chi connectivity index (χ3n) is 5.12. The van der Waals surface area contributed by atoms with Crippen LogP contribution in [0.15, 0.2) is 41.9 Å². The topological polar surface area (TPSA) is 60.2 Å². The number of aromatic nitrogens is 3. The first-order valence-electron chi connectivity index (χ1n) is 9.78. The number of benzene rings is 1. The maximum Gasteiger partial charge on any atom is 0.233 e. The first kappa shape index (κ1) is 21.9. The van der Waals surface area contributed by atoms with Crippen LogP contribution in [-0.4, -0.2) is 45.3 Å². The summed E-state index contributed by atoms with van der Waals surface area (Å²) in [5, 5.41) is 0.803. The molecule has 0 aliphatic rings. The predicted molar refractivity (Wildman–Crippen MR) is 120 cm³/mol. The molecule has 0 fully saturated rings. The molecule has 0 unspecified atom stereocenters. The Morgan fingerprint density at radius 2 is 1.93 bits per heavy atom. The van der Waals surface area contributed by atoms with Gasteiger partial charge in [0.2, 0.25) is 5.91 Å². The summed E-state index contributed by atoms with van der Waals surface area (Å²) in [4.78, 5) is 23.4. The van der Waals surface area contributed by atoms with E-state index in [0.717, 1.165) is 33.4 Å². The molecule has 158 valence electrons.